The zero-order chi connectivity index (χ0) is 11.6. The van der Waals surface area contributed by atoms with Gasteiger partial charge in [-0.1, -0.05) is 0 Å². The third kappa shape index (κ3) is 3.06. The highest BCUT2D eigenvalue weighted by atomic mass is 16.6. The molecule has 0 unspecified atom stereocenters. The van der Waals surface area contributed by atoms with Crippen LogP contribution in [0.5, 0.6) is 0 Å². The summed E-state index contributed by atoms with van der Waals surface area (Å²) in [6, 6.07) is 0. The van der Waals surface area contributed by atoms with Crippen LogP contribution in [-0.2, 0) is 11.3 Å². The van der Waals surface area contributed by atoms with Gasteiger partial charge in [0.1, 0.15) is 11.4 Å². The van der Waals surface area contributed by atoms with Crippen molar-refractivity contribution in [2.45, 2.75) is 39.8 Å². The van der Waals surface area contributed by atoms with Crippen LogP contribution in [0.2, 0.25) is 0 Å². The van der Waals surface area contributed by atoms with Crippen LogP contribution in [0.15, 0.2) is 4.42 Å². The Labute approximate surface area is 88.6 Å². The second-order valence-electron chi connectivity index (χ2n) is 4.23. The second kappa shape index (κ2) is 4.02. The quantitative estimate of drug-likeness (QED) is 0.749. The maximum Gasteiger partial charge on any atom is 0.395 e. The first-order valence-electron chi connectivity index (χ1n) is 4.73. The minimum absolute atomic E-state index is 0.0390. The van der Waals surface area contributed by atoms with Gasteiger partial charge >= 0.3 is 11.9 Å². The van der Waals surface area contributed by atoms with Crippen molar-refractivity contribution < 1.29 is 13.9 Å². The first-order chi connectivity index (χ1) is 6.83. The molecule has 5 heteroatoms. The third-order valence-corrected chi connectivity index (χ3v) is 1.65. The summed E-state index contributed by atoms with van der Waals surface area (Å²) >= 11 is 0. The van der Waals surface area contributed by atoms with Crippen LogP contribution in [0, 0.1) is 6.92 Å². The average Bonchev–Trinajstić information content (AvgIpc) is 2.43. The summed E-state index contributed by atoms with van der Waals surface area (Å²) < 4.78 is 10.3. The number of carbonyl (C=O) groups excluding carboxylic acids is 1. The first-order valence-corrected chi connectivity index (χ1v) is 4.73. The molecule has 0 aromatic carbocycles. The predicted octanol–water partition coefficient (Wildman–Crippen LogP) is 1.40. The summed E-state index contributed by atoms with van der Waals surface area (Å²) in [5.74, 6) is -0.0935. The number of rotatable bonds is 2. The van der Waals surface area contributed by atoms with Crippen LogP contribution in [0.4, 0.5) is 0 Å². The number of nitrogens with two attached hydrogens (primary N) is 1. The zero-order valence-corrected chi connectivity index (χ0v) is 9.46. The fourth-order valence-corrected chi connectivity index (χ4v) is 1.03. The lowest BCUT2D eigenvalue weighted by Crippen LogP contribution is -2.24. The average molecular weight is 212 g/mol. The van der Waals surface area contributed by atoms with Gasteiger partial charge in [-0.15, -0.1) is 0 Å². The molecule has 2 N–H and O–H groups in total. The van der Waals surface area contributed by atoms with E-state index in [0.717, 1.165) is 0 Å². The van der Waals surface area contributed by atoms with E-state index in [1.165, 1.54) is 0 Å². The number of carbonyl (C=O) groups is 1. The highest BCUT2D eigenvalue weighted by Gasteiger charge is 2.23. The lowest BCUT2D eigenvalue weighted by atomic mass is 10.2. The summed E-state index contributed by atoms with van der Waals surface area (Å²) in [6.07, 6.45) is 0. The lowest BCUT2D eigenvalue weighted by Gasteiger charge is -2.17. The Morgan fingerprint density at radius 3 is 2.53 bits per heavy atom. The van der Waals surface area contributed by atoms with Gasteiger partial charge in [0.05, 0.1) is 12.2 Å². The number of oxazole rings is 1. The molecule has 0 aliphatic carbocycles. The molecule has 0 saturated heterocycles. The van der Waals surface area contributed by atoms with E-state index in [1.807, 2.05) is 0 Å². The molecule has 1 aromatic heterocycles. The third-order valence-electron chi connectivity index (χ3n) is 1.65. The maximum atomic E-state index is 11.5. The minimum atomic E-state index is -0.565. The van der Waals surface area contributed by atoms with Crippen molar-refractivity contribution in [2.24, 2.45) is 5.73 Å². The molecule has 1 rings (SSSR count). The van der Waals surface area contributed by atoms with Crippen LogP contribution >= 0.6 is 0 Å². The van der Waals surface area contributed by atoms with Gasteiger partial charge < -0.3 is 14.9 Å². The molecule has 0 bridgehead atoms. The fourth-order valence-electron chi connectivity index (χ4n) is 1.03. The number of hydrogen-bond donors (Lipinski definition) is 1. The Bertz CT molecular complexity index is 363. The summed E-state index contributed by atoms with van der Waals surface area (Å²) in [5.41, 5.74) is 5.48. The van der Waals surface area contributed by atoms with Gasteiger partial charge in [-0.2, -0.15) is 0 Å². The van der Waals surface area contributed by atoms with Crippen LogP contribution in [0.1, 0.15) is 42.9 Å². The maximum absolute atomic E-state index is 11.5. The normalized spacial score (nSPS) is 11.5. The lowest BCUT2D eigenvalue weighted by molar-refractivity contribution is 0.00257. The van der Waals surface area contributed by atoms with Crippen LogP contribution in [0.3, 0.4) is 0 Å². The molecule has 5 nitrogen and oxygen atoms in total. The van der Waals surface area contributed by atoms with Crippen molar-refractivity contribution in [3.8, 4) is 0 Å². The molecule has 0 saturated carbocycles. The van der Waals surface area contributed by atoms with Crippen molar-refractivity contribution >= 4 is 5.97 Å². The Hall–Kier alpha value is -1.36. The molecule has 0 fully saturated rings. The SMILES string of the molecule is Cc1nc(C(=O)OC(C)(C)C)oc1CN. The standard InChI is InChI=1S/C10H16N2O3/c1-6-7(5-11)14-8(12-6)9(13)15-10(2,3)4/h5,11H2,1-4H3. The molecule has 0 spiro atoms. The molecule has 0 aliphatic rings. The van der Waals surface area contributed by atoms with Crippen molar-refractivity contribution in [1.29, 1.82) is 0 Å². The highest BCUT2D eigenvalue weighted by Crippen LogP contribution is 2.14. The summed E-state index contributed by atoms with van der Waals surface area (Å²) in [4.78, 5) is 15.5. The molecule has 1 heterocycles. The molecular formula is C10H16N2O3. The Morgan fingerprint density at radius 2 is 2.13 bits per heavy atom. The topological polar surface area (TPSA) is 78.3 Å². The molecule has 1 aromatic rings. The van der Waals surface area contributed by atoms with E-state index in [2.05, 4.69) is 4.98 Å². The van der Waals surface area contributed by atoms with Gasteiger partial charge in [-0.25, -0.2) is 9.78 Å². The molecule has 0 radical (unpaired) electrons. The van der Waals surface area contributed by atoms with E-state index in [4.69, 9.17) is 14.9 Å². The van der Waals surface area contributed by atoms with Crippen molar-refractivity contribution in [3.05, 3.63) is 17.3 Å². The van der Waals surface area contributed by atoms with E-state index in [-0.39, 0.29) is 12.4 Å². The second-order valence-corrected chi connectivity index (χ2v) is 4.23. The van der Waals surface area contributed by atoms with Gasteiger partial charge in [0.2, 0.25) is 0 Å². The Kier molecular flexibility index (Phi) is 3.14. The van der Waals surface area contributed by atoms with E-state index in [1.54, 1.807) is 27.7 Å². The van der Waals surface area contributed by atoms with Crippen LogP contribution < -0.4 is 5.73 Å². The molecule has 84 valence electrons. The van der Waals surface area contributed by atoms with Gasteiger partial charge in [0.25, 0.3) is 0 Å². The summed E-state index contributed by atoms with van der Waals surface area (Å²) in [5, 5.41) is 0. The largest absolute Gasteiger partial charge is 0.453 e. The van der Waals surface area contributed by atoms with Gasteiger partial charge in [-0.05, 0) is 27.7 Å². The van der Waals surface area contributed by atoms with E-state index >= 15 is 0 Å². The number of ether oxygens (including phenoxy) is 1. The van der Waals surface area contributed by atoms with E-state index < -0.39 is 11.6 Å². The van der Waals surface area contributed by atoms with E-state index in [0.29, 0.717) is 11.5 Å². The first kappa shape index (κ1) is 11.7. The number of hydrogen-bond acceptors (Lipinski definition) is 5. The number of nitrogens with zero attached hydrogens (tertiary/aromatic N) is 1. The highest BCUT2D eigenvalue weighted by molar-refractivity contribution is 5.84. The van der Waals surface area contributed by atoms with Crippen LogP contribution in [-0.4, -0.2) is 16.6 Å². The monoisotopic (exact) mass is 212 g/mol. The summed E-state index contributed by atoms with van der Waals surface area (Å²) in [6.45, 7) is 7.31. The fraction of sp³-hybridized carbons (Fsp3) is 0.600. The van der Waals surface area contributed by atoms with Crippen molar-refractivity contribution in [3.63, 3.8) is 0 Å². The smallest absolute Gasteiger partial charge is 0.395 e. The minimum Gasteiger partial charge on any atom is -0.453 e. The molecule has 0 amide bonds. The van der Waals surface area contributed by atoms with Gasteiger partial charge in [0.15, 0.2) is 0 Å². The molecular weight excluding hydrogens is 196 g/mol. The van der Waals surface area contributed by atoms with Crippen molar-refractivity contribution in [1.82, 2.24) is 4.98 Å². The molecule has 15 heavy (non-hydrogen) atoms. The van der Waals surface area contributed by atoms with E-state index in [9.17, 15) is 4.79 Å². The molecule has 0 aliphatic heterocycles. The molecule has 0 atom stereocenters. The van der Waals surface area contributed by atoms with Crippen LogP contribution in [0.25, 0.3) is 0 Å². The Balaban J connectivity index is 2.83. The number of aryl methyl sites for hydroxylation is 1. The Morgan fingerprint density at radius 1 is 1.53 bits per heavy atom. The summed E-state index contributed by atoms with van der Waals surface area (Å²) in [7, 11) is 0. The van der Waals surface area contributed by atoms with Gasteiger partial charge in [-0.3, -0.25) is 0 Å². The van der Waals surface area contributed by atoms with Gasteiger partial charge in [0, 0.05) is 0 Å². The zero-order valence-electron chi connectivity index (χ0n) is 9.46. The predicted molar refractivity (Wildman–Crippen MR) is 54.3 cm³/mol. The number of aromatic nitrogens is 1. The number of esters is 1. The van der Waals surface area contributed by atoms with Crippen molar-refractivity contribution in [2.75, 3.05) is 0 Å².